The van der Waals surface area contributed by atoms with E-state index in [1.807, 2.05) is 0 Å². The summed E-state index contributed by atoms with van der Waals surface area (Å²) in [4.78, 5) is 23.8. The van der Waals surface area contributed by atoms with E-state index in [0.29, 0.717) is 29.9 Å². The Morgan fingerprint density at radius 3 is 2.81 bits per heavy atom. The first-order valence-electron chi connectivity index (χ1n) is 7.34. The number of hydrogen-bond acceptors (Lipinski definition) is 3. The monoisotopic (exact) mass is 290 g/mol. The Morgan fingerprint density at radius 1 is 1.33 bits per heavy atom. The normalized spacial score (nSPS) is 16.6. The smallest absolute Gasteiger partial charge is 0.289 e. The highest BCUT2D eigenvalue weighted by atomic mass is 19.1. The van der Waals surface area contributed by atoms with Crippen LogP contribution in [0.1, 0.15) is 24.0 Å². The number of H-pyrrole nitrogens is 1. The molecule has 2 aromatic rings. The third-order valence-electron chi connectivity index (χ3n) is 3.85. The van der Waals surface area contributed by atoms with Gasteiger partial charge in [0.2, 0.25) is 0 Å². The second-order valence-electron chi connectivity index (χ2n) is 5.38. The predicted octanol–water partition coefficient (Wildman–Crippen LogP) is 1.87. The number of piperazine rings is 1. The SMILES string of the molecule is CCCN1CCN(C(=O)c2nc3ccc(F)cc3[nH]2)CC1. The van der Waals surface area contributed by atoms with Crippen LogP contribution in [-0.2, 0) is 0 Å². The van der Waals surface area contributed by atoms with Gasteiger partial charge in [0.25, 0.3) is 5.91 Å². The van der Waals surface area contributed by atoms with Gasteiger partial charge in [-0.15, -0.1) is 0 Å². The minimum Gasteiger partial charge on any atom is -0.334 e. The highest BCUT2D eigenvalue weighted by Crippen LogP contribution is 2.15. The zero-order chi connectivity index (χ0) is 14.8. The Balaban J connectivity index is 1.72. The fourth-order valence-electron chi connectivity index (χ4n) is 2.72. The second kappa shape index (κ2) is 5.81. The third-order valence-corrected chi connectivity index (χ3v) is 3.85. The number of carbonyl (C=O) groups excluding carboxylic acids is 1. The van der Waals surface area contributed by atoms with E-state index in [4.69, 9.17) is 0 Å². The van der Waals surface area contributed by atoms with Crippen LogP contribution >= 0.6 is 0 Å². The van der Waals surface area contributed by atoms with E-state index in [9.17, 15) is 9.18 Å². The zero-order valence-electron chi connectivity index (χ0n) is 12.1. The van der Waals surface area contributed by atoms with Crippen LogP contribution in [0, 0.1) is 5.82 Å². The highest BCUT2D eigenvalue weighted by Gasteiger charge is 2.23. The highest BCUT2D eigenvalue weighted by molar-refractivity contribution is 5.94. The van der Waals surface area contributed by atoms with Crippen molar-refractivity contribution >= 4 is 16.9 Å². The van der Waals surface area contributed by atoms with Gasteiger partial charge >= 0.3 is 0 Å². The van der Waals surface area contributed by atoms with E-state index in [-0.39, 0.29) is 11.7 Å². The number of benzene rings is 1. The zero-order valence-corrected chi connectivity index (χ0v) is 12.1. The quantitative estimate of drug-likeness (QED) is 0.939. The van der Waals surface area contributed by atoms with E-state index in [1.54, 1.807) is 11.0 Å². The summed E-state index contributed by atoms with van der Waals surface area (Å²) >= 11 is 0. The molecule has 0 saturated carbocycles. The van der Waals surface area contributed by atoms with E-state index < -0.39 is 0 Å². The van der Waals surface area contributed by atoms with Crippen LogP contribution in [0.2, 0.25) is 0 Å². The van der Waals surface area contributed by atoms with Gasteiger partial charge in [0.05, 0.1) is 11.0 Å². The number of hydrogen-bond donors (Lipinski definition) is 1. The van der Waals surface area contributed by atoms with Crippen molar-refractivity contribution < 1.29 is 9.18 Å². The van der Waals surface area contributed by atoms with Crippen LogP contribution in [0.15, 0.2) is 18.2 Å². The fraction of sp³-hybridized carbons (Fsp3) is 0.467. The number of nitrogens with zero attached hydrogens (tertiary/aromatic N) is 3. The largest absolute Gasteiger partial charge is 0.334 e. The van der Waals surface area contributed by atoms with E-state index in [0.717, 1.165) is 26.1 Å². The van der Waals surface area contributed by atoms with Crippen LogP contribution in [0.4, 0.5) is 4.39 Å². The predicted molar refractivity (Wildman–Crippen MR) is 78.7 cm³/mol. The number of imidazole rings is 1. The number of carbonyl (C=O) groups is 1. The van der Waals surface area contributed by atoms with Gasteiger partial charge in [0.15, 0.2) is 5.82 Å². The topological polar surface area (TPSA) is 52.2 Å². The molecule has 1 aliphatic rings. The minimum absolute atomic E-state index is 0.109. The van der Waals surface area contributed by atoms with Gasteiger partial charge in [-0.2, -0.15) is 0 Å². The molecule has 1 saturated heterocycles. The number of nitrogens with one attached hydrogen (secondary N) is 1. The molecule has 21 heavy (non-hydrogen) atoms. The molecule has 1 N–H and O–H groups in total. The first-order valence-corrected chi connectivity index (χ1v) is 7.34. The summed E-state index contributed by atoms with van der Waals surface area (Å²) < 4.78 is 13.2. The van der Waals surface area contributed by atoms with Crippen LogP contribution in [0.3, 0.4) is 0 Å². The molecule has 2 heterocycles. The Labute approximate surface area is 122 Å². The summed E-state index contributed by atoms with van der Waals surface area (Å²) in [5, 5.41) is 0. The molecule has 0 unspecified atom stereocenters. The summed E-state index contributed by atoms with van der Waals surface area (Å²) in [5.74, 6) is -0.152. The average Bonchev–Trinajstić information content (AvgIpc) is 2.90. The minimum atomic E-state index is -0.335. The lowest BCUT2D eigenvalue weighted by molar-refractivity contribution is 0.0627. The molecule has 1 fully saturated rings. The number of rotatable bonds is 3. The molecule has 1 amide bonds. The van der Waals surface area contributed by atoms with Crippen molar-refractivity contribution in [3.8, 4) is 0 Å². The summed E-state index contributed by atoms with van der Waals surface area (Å²) in [7, 11) is 0. The number of aromatic amines is 1. The van der Waals surface area contributed by atoms with Crippen molar-refractivity contribution in [1.82, 2.24) is 19.8 Å². The third kappa shape index (κ3) is 2.90. The van der Waals surface area contributed by atoms with Gasteiger partial charge in [0.1, 0.15) is 5.82 Å². The van der Waals surface area contributed by atoms with Gasteiger partial charge in [-0.25, -0.2) is 9.37 Å². The second-order valence-corrected chi connectivity index (χ2v) is 5.38. The first kappa shape index (κ1) is 14.0. The maximum atomic E-state index is 13.2. The Hall–Kier alpha value is -1.95. The summed E-state index contributed by atoms with van der Waals surface area (Å²) in [5.41, 5.74) is 1.17. The molecule has 1 aliphatic heterocycles. The molecule has 3 rings (SSSR count). The van der Waals surface area contributed by atoms with E-state index in [2.05, 4.69) is 21.8 Å². The van der Waals surface area contributed by atoms with Crippen LogP contribution in [0.5, 0.6) is 0 Å². The molecular formula is C15H19FN4O. The summed E-state index contributed by atoms with van der Waals surface area (Å²) in [6, 6.07) is 4.29. The van der Waals surface area contributed by atoms with Crippen molar-refractivity contribution in [2.24, 2.45) is 0 Å². The van der Waals surface area contributed by atoms with Crippen LogP contribution in [-0.4, -0.2) is 58.4 Å². The van der Waals surface area contributed by atoms with E-state index >= 15 is 0 Å². The van der Waals surface area contributed by atoms with Crippen LogP contribution in [0.25, 0.3) is 11.0 Å². The number of fused-ring (bicyclic) bond motifs is 1. The van der Waals surface area contributed by atoms with Crippen molar-refractivity contribution in [3.63, 3.8) is 0 Å². The number of amides is 1. The van der Waals surface area contributed by atoms with Crippen molar-refractivity contribution in [3.05, 3.63) is 29.8 Å². The Kier molecular flexibility index (Phi) is 3.88. The van der Waals surface area contributed by atoms with Crippen molar-refractivity contribution in [2.45, 2.75) is 13.3 Å². The number of halogens is 1. The van der Waals surface area contributed by atoms with Crippen molar-refractivity contribution in [1.29, 1.82) is 0 Å². The van der Waals surface area contributed by atoms with Crippen LogP contribution < -0.4 is 0 Å². The summed E-state index contributed by atoms with van der Waals surface area (Å²) in [6.45, 7) is 6.45. The molecule has 0 bridgehead atoms. The lowest BCUT2D eigenvalue weighted by Gasteiger charge is -2.34. The molecular weight excluding hydrogens is 271 g/mol. The molecule has 1 aromatic carbocycles. The maximum Gasteiger partial charge on any atom is 0.289 e. The van der Waals surface area contributed by atoms with Gasteiger partial charge < -0.3 is 9.88 Å². The standard InChI is InChI=1S/C15H19FN4O/c1-2-5-19-6-8-20(9-7-19)15(21)14-17-12-4-3-11(16)10-13(12)18-14/h3-4,10H,2,5-9H2,1H3,(H,17,18). The van der Waals surface area contributed by atoms with E-state index in [1.165, 1.54) is 12.1 Å². The average molecular weight is 290 g/mol. The molecule has 0 spiro atoms. The molecule has 0 atom stereocenters. The van der Waals surface area contributed by atoms with Gasteiger partial charge in [-0.05, 0) is 31.2 Å². The molecule has 5 nitrogen and oxygen atoms in total. The van der Waals surface area contributed by atoms with Gasteiger partial charge in [-0.3, -0.25) is 9.69 Å². The molecule has 6 heteroatoms. The molecule has 0 radical (unpaired) electrons. The molecule has 112 valence electrons. The summed E-state index contributed by atoms with van der Waals surface area (Å²) in [6.07, 6.45) is 1.13. The maximum absolute atomic E-state index is 13.2. The lowest BCUT2D eigenvalue weighted by Crippen LogP contribution is -2.49. The Morgan fingerprint density at radius 2 is 2.10 bits per heavy atom. The van der Waals surface area contributed by atoms with Crippen molar-refractivity contribution in [2.75, 3.05) is 32.7 Å². The molecule has 0 aliphatic carbocycles. The number of aromatic nitrogens is 2. The lowest BCUT2D eigenvalue weighted by atomic mass is 10.3. The van der Waals surface area contributed by atoms with Gasteiger partial charge in [0, 0.05) is 26.2 Å². The fourth-order valence-corrected chi connectivity index (χ4v) is 2.72. The Bertz CT molecular complexity index is 646. The molecule has 1 aromatic heterocycles. The first-order chi connectivity index (χ1) is 10.2. The van der Waals surface area contributed by atoms with Gasteiger partial charge in [-0.1, -0.05) is 6.92 Å².